The molecule has 0 aliphatic carbocycles. The number of nitrogens with one attached hydrogen (secondary N) is 1. The van der Waals surface area contributed by atoms with Gasteiger partial charge in [0.2, 0.25) is 0 Å². The van der Waals surface area contributed by atoms with Crippen LogP contribution in [0.5, 0.6) is 5.75 Å². The van der Waals surface area contributed by atoms with E-state index in [9.17, 15) is 0 Å². The van der Waals surface area contributed by atoms with Gasteiger partial charge in [-0.05, 0) is 17.4 Å². The summed E-state index contributed by atoms with van der Waals surface area (Å²) in [5.74, 6) is 2.03. The van der Waals surface area contributed by atoms with Gasteiger partial charge in [-0.1, -0.05) is 45.9 Å². The van der Waals surface area contributed by atoms with E-state index in [1.54, 1.807) is 0 Å². The van der Waals surface area contributed by atoms with E-state index in [0.717, 1.165) is 24.3 Å². The molecule has 0 spiro atoms. The number of para-hydroxylation sites is 1. The monoisotopic (exact) mass is 417 g/mol. The zero-order valence-electron chi connectivity index (χ0n) is 13.9. The van der Waals surface area contributed by atoms with Gasteiger partial charge in [0.25, 0.3) is 0 Å². The highest BCUT2D eigenvalue weighted by Gasteiger charge is 2.23. The van der Waals surface area contributed by atoms with Crippen molar-refractivity contribution >= 4 is 29.9 Å². The van der Waals surface area contributed by atoms with E-state index >= 15 is 0 Å². The van der Waals surface area contributed by atoms with Crippen LogP contribution in [-0.2, 0) is 0 Å². The zero-order valence-corrected chi connectivity index (χ0v) is 16.3. The number of hydrogen-bond donors (Lipinski definition) is 2. The number of rotatable bonds is 4. The Labute approximate surface area is 150 Å². The van der Waals surface area contributed by atoms with Gasteiger partial charge in [0.15, 0.2) is 5.96 Å². The van der Waals surface area contributed by atoms with Gasteiger partial charge in [-0.2, -0.15) is 0 Å². The Morgan fingerprint density at radius 1 is 1.41 bits per heavy atom. The van der Waals surface area contributed by atoms with Gasteiger partial charge < -0.3 is 15.8 Å². The molecule has 0 amide bonds. The van der Waals surface area contributed by atoms with E-state index in [0.29, 0.717) is 18.5 Å². The van der Waals surface area contributed by atoms with Gasteiger partial charge in [-0.15, -0.1) is 24.0 Å². The van der Waals surface area contributed by atoms with Crippen LogP contribution in [0.4, 0.5) is 0 Å². The summed E-state index contributed by atoms with van der Waals surface area (Å²) in [7, 11) is 0. The van der Waals surface area contributed by atoms with Crippen LogP contribution in [0, 0.1) is 11.3 Å². The molecule has 1 aliphatic heterocycles. The van der Waals surface area contributed by atoms with Crippen LogP contribution in [0.15, 0.2) is 29.3 Å². The molecule has 1 atom stereocenters. The number of ether oxygens (including phenoxy) is 1. The van der Waals surface area contributed by atoms with E-state index in [1.807, 2.05) is 18.2 Å². The van der Waals surface area contributed by atoms with Crippen LogP contribution in [0.25, 0.3) is 0 Å². The van der Waals surface area contributed by atoms with E-state index < -0.39 is 0 Å². The number of aliphatic imine (C=N–C) groups is 1. The maximum atomic E-state index is 6.07. The third-order valence-corrected chi connectivity index (χ3v) is 4.50. The average Bonchev–Trinajstić information content (AvgIpc) is 2.45. The van der Waals surface area contributed by atoms with E-state index in [-0.39, 0.29) is 35.4 Å². The van der Waals surface area contributed by atoms with Crippen molar-refractivity contribution in [3.63, 3.8) is 0 Å². The summed E-state index contributed by atoms with van der Waals surface area (Å²) in [4.78, 5) is 4.53. The predicted octanol–water partition coefficient (Wildman–Crippen LogP) is 3.71. The molecular weight excluding hydrogens is 389 g/mol. The van der Waals surface area contributed by atoms with Crippen LogP contribution >= 0.6 is 24.0 Å². The fourth-order valence-corrected chi connectivity index (χ4v) is 2.19. The van der Waals surface area contributed by atoms with Gasteiger partial charge >= 0.3 is 0 Å². The molecule has 22 heavy (non-hydrogen) atoms. The summed E-state index contributed by atoms with van der Waals surface area (Å²) in [6, 6.07) is 8.28. The topological polar surface area (TPSA) is 59.6 Å². The lowest BCUT2D eigenvalue weighted by atomic mass is 9.81. The molecule has 1 unspecified atom stereocenters. The molecule has 0 bridgehead atoms. The third kappa shape index (κ3) is 4.76. The molecule has 3 N–H and O–H groups in total. The van der Waals surface area contributed by atoms with Crippen LogP contribution in [0.1, 0.15) is 45.7 Å². The highest BCUT2D eigenvalue weighted by Crippen LogP contribution is 2.31. The van der Waals surface area contributed by atoms with Crippen LogP contribution in [-0.4, -0.2) is 19.1 Å². The molecule has 1 aliphatic rings. The van der Waals surface area contributed by atoms with E-state index in [2.05, 4.69) is 44.1 Å². The average molecular weight is 417 g/mol. The van der Waals surface area contributed by atoms with Crippen molar-refractivity contribution in [2.24, 2.45) is 22.1 Å². The van der Waals surface area contributed by atoms with Crippen molar-refractivity contribution in [3.8, 4) is 5.75 Å². The molecule has 1 heterocycles. The second-order valence-corrected chi connectivity index (χ2v) is 6.72. The molecule has 0 radical (unpaired) electrons. The molecule has 0 saturated carbocycles. The van der Waals surface area contributed by atoms with Crippen molar-refractivity contribution < 1.29 is 4.74 Å². The summed E-state index contributed by atoms with van der Waals surface area (Å²) >= 11 is 0. The summed E-state index contributed by atoms with van der Waals surface area (Å²) in [5, 5.41) is 3.33. The molecular formula is C17H28IN3O. The quantitative estimate of drug-likeness (QED) is 0.446. The highest BCUT2D eigenvalue weighted by molar-refractivity contribution is 14.0. The minimum atomic E-state index is 0. The molecule has 1 aromatic carbocycles. The fraction of sp³-hybridized carbons (Fsp3) is 0.588. The lowest BCUT2D eigenvalue weighted by molar-refractivity contribution is 0.258. The number of nitrogens with two attached hydrogens (primary N) is 1. The molecule has 4 nitrogen and oxygen atoms in total. The fourth-order valence-electron chi connectivity index (χ4n) is 2.19. The molecule has 2 rings (SSSR count). The summed E-state index contributed by atoms with van der Waals surface area (Å²) in [6.07, 6.45) is 0.904. The van der Waals surface area contributed by atoms with Crippen LogP contribution < -0.4 is 15.8 Å². The van der Waals surface area contributed by atoms with Crippen molar-refractivity contribution in [1.29, 1.82) is 0 Å². The predicted molar refractivity (Wildman–Crippen MR) is 103 cm³/mol. The molecule has 1 aromatic rings. The Kier molecular flexibility index (Phi) is 6.97. The van der Waals surface area contributed by atoms with Crippen molar-refractivity contribution in [1.82, 2.24) is 5.32 Å². The summed E-state index contributed by atoms with van der Waals surface area (Å²) in [6.45, 7) is 10.3. The van der Waals surface area contributed by atoms with E-state index in [4.69, 9.17) is 10.5 Å². The number of halogens is 1. The van der Waals surface area contributed by atoms with E-state index in [1.165, 1.54) is 0 Å². The largest absolute Gasteiger partial charge is 0.493 e. The second kappa shape index (κ2) is 8.04. The first-order valence-corrected chi connectivity index (χ1v) is 7.68. The Morgan fingerprint density at radius 3 is 2.77 bits per heavy atom. The third-order valence-electron chi connectivity index (χ3n) is 4.50. The normalized spacial score (nSPS) is 18.2. The van der Waals surface area contributed by atoms with Crippen LogP contribution in [0.3, 0.4) is 0 Å². The minimum absolute atomic E-state index is 0. The summed E-state index contributed by atoms with van der Waals surface area (Å²) in [5.41, 5.74) is 7.38. The minimum Gasteiger partial charge on any atom is -0.493 e. The standard InChI is InChI=1S/C17H27N3O.HI/c1-12(2)17(3,4)11-19-16(18)20-14-9-10-21-15-8-6-5-7-13(14)15;/h5-8,12,14H,9-11H2,1-4H3,(H3,18,19,20);1H. The van der Waals surface area contributed by atoms with Crippen molar-refractivity contribution in [2.75, 3.05) is 13.2 Å². The second-order valence-electron chi connectivity index (χ2n) is 6.72. The molecule has 5 heteroatoms. The number of hydrogen-bond acceptors (Lipinski definition) is 2. The lowest BCUT2D eigenvalue weighted by Crippen LogP contribution is -2.38. The maximum Gasteiger partial charge on any atom is 0.189 e. The first-order chi connectivity index (χ1) is 9.90. The van der Waals surface area contributed by atoms with Gasteiger partial charge in [-0.25, -0.2) is 0 Å². The highest BCUT2D eigenvalue weighted by atomic mass is 127. The first kappa shape index (κ1) is 19.1. The first-order valence-electron chi connectivity index (χ1n) is 7.68. The number of nitrogens with zero attached hydrogens (tertiary/aromatic N) is 1. The zero-order chi connectivity index (χ0) is 15.5. The Bertz CT molecular complexity index is 514. The number of benzene rings is 1. The van der Waals surface area contributed by atoms with Crippen molar-refractivity contribution in [3.05, 3.63) is 29.8 Å². The summed E-state index contributed by atoms with van der Waals surface area (Å²) < 4.78 is 5.66. The van der Waals surface area contributed by atoms with Gasteiger partial charge in [-0.3, -0.25) is 4.99 Å². The van der Waals surface area contributed by atoms with Crippen molar-refractivity contribution in [2.45, 2.75) is 40.2 Å². The van der Waals surface area contributed by atoms with Gasteiger partial charge in [0.05, 0.1) is 12.6 Å². The molecule has 0 saturated heterocycles. The maximum absolute atomic E-state index is 6.07. The molecule has 0 aromatic heterocycles. The SMILES string of the molecule is CC(C)C(C)(C)CN=C(N)NC1CCOc2ccccc21.I. The lowest BCUT2D eigenvalue weighted by Gasteiger charge is -2.29. The number of guanidine groups is 1. The Morgan fingerprint density at radius 2 is 2.09 bits per heavy atom. The number of fused-ring (bicyclic) bond motifs is 1. The van der Waals surface area contributed by atoms with Crippen LogP contribution in [0.2, 0.25) is 0 Å². The molecule has 124 valence electrons. The Balaban J connectivity index is 0.00000242. The Hall–Kier alpha value is -0.980. The smallest absolute Gasteiger partial charge is 0.189 e. The molecule has 0 fully saturated rings. The van der Waals surface area contributed by atoms with Gasteiger partial charge in [0.1, 0.15) is 5.75 Å². The van der Waals surface area contributed by atoms with Gasteiger partial charge in [0, 0.05) is 18.5 Å².